The van der Waals surface area contributed by atoms with Crippen molar-refractivity contribution in [3.8, 4) is 10.6 Å². The predicted octanol–water partition coefficient (Wildman–Crippen LogP) is 3.16. The van der Waals surface area contributed by atoms with Crippen molar-refractivity contribution in [1.29, 1.82) is 0 Å². The number of thiazole rings is 1. The monoisotopic (exact) mass is 387 g/mol. The third-order valence-corrected chi connectivity index (χ3v) is 5.77. The lowest BCUT2D eigenvalue weighted by Crippen LogP contribution is -2.38. The molecule has 7 nitrogen and oxygen atoms in total. The summed E-state index contributed by atoms with van der Waals surface area (Å²) in [6.07, 6.45) is 2.05. The zero-order valence-corrected chi connectivity index (χ0v) is 16.6. The van der Waals surface area contributed by atoms with E-state index in [1.54, 1.807) is 11.3 Å². The number of ether oxygens (including phenoxy) is 1. The van der Waals surface area contributed by atoms with Crippen LogP contribution in [0.15, 0.2) is 28.8 Å². The van der Waals surface area contributed by atoms with Gasteiger partial charge in [0.1, 0.15) is 17.2 Å². The smallest absolute Gasteiger partial charge is 0.183 e. The summed E-state index contributed by atoms with van der Waals surface area (Å²) in [5.41, 5.74) is 1.98. The molecule has 1 saturated heterocycles. The zero-order valence-electron chi connectivity index (χ0n) is 15.8. The fourth-order valence-electron chi connectivity index (χ4n) is 3.13. The molecule has 144 valence electrons. The Bertz CT molecular complexity index is 878. The molecule has 3 aromatic rings. The van der Waals surface area contributed by atoms with E-state index < -0.39 is 0 Å². The molecular formula is C19H25N5O2S. The number of morpholine rings is 1. The van der Waals surface area contributed by atoms with Crippen molar-refractivity contribution < 1.29 is 9.15 Å². The fraction of sp³-hybridized carbons (Fsp3) is 0.474. The Hall–Kier alpha value is -2.16. The topological polar surface area (TPSA) is 68.4 Å². The van der Waals surface area contributed by atoms with Crippen LogP contribution in [-0.2, 0) is 17.8 Å². The van der Waals surface area contributed by atoms with E-state index in [4.69, 9.17) is 14.3 Å². The van der Waals surface area contributed by atoms with E-state index in [-0.39, 0.29) is 0 Å². The van der Waals surface area contributed by atoms with E-state index in [0.717, 1.165) is 72.3 Å². The summed E-state index contributed by atoms with van der Waals surface area (Å²) >= 11 is 1.63. The SMILES string of the molecule is Cc1ccc(CNc2nc(C)c(-c3ccn(CCN4CCOCC4)n3)s2)o1. The lowest BCUT2D eigenvalue weighted by atomic mass is 10.3. The molecule has 8 heteroatoms. The van der Waals surface area contributed by atoms with E-state index in [2.05, 4.69) is 21.3 Å². The molecule has 1 aliphatic rings. The lowest BCUT2D eigenvalue weighted by Gasteiger charge is -2.26. The van der Waals surface area contributed by atoms with Crippen LogP contribution in [0.4, 0.5) is 5.13 Å². The first-order valence-corrected chi connectivity index (χ1v) is 10.1. The van der Waals surface area contributed by atoms with Crippen molar-refractivity contribution in [2.45, 2.75) is 26.9 Å². The molecule has 0 atom stereocenters. The summed E-state index contributed by atoms with van der Waals surface area (Å²) in [7, 11) is 0. The summed E-state index contributed by atoms with van der Waals surface area (Å²) in [5.74, 6) is 1.83. The largest absolute Gasteiger partial charge is 0.465 e. The highest BCUT2D eigenvalue weighted by Crippen LogP contribution is 2.31. The molecule has 0 unspecified atom stereocenters. The summed E-state index contributed by atoms with van der Waals surface area (Å²) in [6, 6.07) is 6.03. The number of aryl methyl sites for hydroxylation is 2. The van der Waals surface area contributed by atoms with Gasteiger partial charge in [-0.1, -0.05) is 11.3 Å². The second-order valence-electron chi connectivity index (χ2n) is 6.72. The molecule has 0 aliphatic carbocycles. The second-order valence-corrected chi connectivity index (χ2v) is 7.72. The Labute approximate surface area is 163 Å². The molecule has 4 heterocycles. The van der Waals surface area contributed by atoms with Crippen molar-refractivity contribution >= 4 is 16.5 Å². The van der Waals surface area contributed by atoms with Crippen molar-refractivity contribution in [2.75, 3.05) is 38.2 Å². The molecule has 3 aromatic heterocycles. The van der Waals surface area contributed by atoms with Gasteiger partial charge in [0.25, 0.3) is 0 Å². The van der Waals surface area contributed by atoms with Crippen LogP contribution in [0.2, 0.25) is 0 Å². The van der Waals surface area contributed by atoms with Crippen LogP contribution in [0.1, 0.15) is 17.2 Å². The first-order chi connectivity index (χ1) is 13.2. The summed E-state index contributed by atoms with van der Waals surface area (Å²) in [6.45, 7) is 10.2. The molecule has 0 saturated carbocycles. The minimum absolute atomic E-state index is 0.633. The van der Waals surface area contributed by atoms with Crippen LogP contribution in [-0.4, -0.2) is 52.5 Å². The predicted molar refractivity (Wildman–Crippen MR) is 106 cm³/mol. The molecule has 0 radical (unpaired) electrons. The molecule has 4 rings (SSSR count). The van der Waals surface area contributed by atoms with Crippen LogP contribution < -0.4 is 5.32 Å². The van der Waals surface area contributed by atoms with Gasteiger partial charge in [-0.2, -0.15) is 5.10 Å². The summed E-state index contributed by atoms with van der Waals surface area (Å²) < 4.78 is 13.0. The molecule has 0 aromatic carbocycles. The van der Waals surface area contributed by atoms with E-state index in [0.29, 0.717) is 6.54 Å². The van der Waals surface area contributed by atoms with Gasteiger partial charge in [0.15, 0.2) is 5.13 Å². The standard InChI is InChI=1S/C19H25N5O2S/c1-14-3-4-16(26-14)13-20-19-21-15(2)18(27-19)17-5-6-24(22-17)8-7-23-9-11-25-12-10-23/h3-6H,7-13H2,1-2H3,(H,20,21). The minimum atomic E-state index is 0.633. The van der Waals surface area contributed by atoms with Gasteiger partial charge in [-0.3, -0.25) is 9.58 Å². The number of nitrogens with zero attached hydrogens (tertiary/aromatic N) is 4. The van der Waals surface area contributed by atoms with Crippen molar-refractivity contribution in [1.82, 2.24) is 19.7 Å². The average Bonchev–Trinajstić information content (AvgIpc) is 3.39. The third kappa shape index (κ3) is 4.58. The van der Waals surface area contributed by atoms with Gasteiger partial charge >= 0.3 is 0 Å². The maximum atomic E-state index is 5.59. The molecular weight excluding hydrogens is 362 g/mol. The molecule has 0 spiro atoms. The fourth-order valence-corrected chi connectivity index (χ4v) is 4.06. The Morgan fingerprint density at radius 2 is 2.00 bits per heavy atom. The maximum absolute atomic E-state index is 5.59. The molecule has 27 heavy (non-hydrogen) atoms. The van der Waals surface area contributed by atoms with Crippen LogP contribution in [0.5, 0.6) is 0 Å². The number of hydrogen-bond donors (Lipinski definition) is 1. The van der Waals surface area contributed by atoms with Gasteiger partial charge < -0.3 is 14.5 Å². The van der Waals surface area contributed by atoms with E-state index in [9.17, 15) is 0 Å². The van der Waals surface area contributed by atoms with Gasteiger partial charge in [0.2, 0.25) is 0 Å². The van der Waals surface area contributed by atoms with E-state index >= 15 is 0 Å². The average molecular weight is 388 g/mol. The molecule has 1 N–H and O–H groups in total. The van der Waals surface area contributed by atoms with Crippen molar-refractivity contribution in [3.05, 3.63) is 41.6 Å². The Morgan fingerprint density at radius 1 is 1.15 bits per heavy atom. The van der Waals surface area contributed by atoms with Gasteiger partial charge in [0, 0.05) is 25.8 Å². The number of hydrogen-bond acceptors (Lipinski definition) is 7. The first-order valence-electron chi connectivity index (χ1n) is 9.28. The molecule has 1 fully saturated rings. The third-order valence-electron chi connectivity index (χ3n) is 4.63. The highest BCUT2D eigenvalue weighted by molar-refractivity contribution is 7.19. The molecule has 0 bridgehead atoms. The van der Waals surface area contributed by atoms with Crippen LogP contribution >= 0.6 is 11.3 Å². The van der Waals surface area contributed by atoms with E-state index in [1.807, 2.05) is 36.9 Å². The summed E-state index contributed by atoms with van der Waals surface area (Å²) in [5, 5.41) is 8.97. The van der Waals surface area contributed by atoms with Crippen LogP contribution in [0.25, 0.3) is 10.6 Å². The first kappa shape index (κ1) is 18.2. The van der Waals surface area contributed by atoms with Crippen LogP contribution in [0.3, 0.4) is 0 Å². The Kier molecular flexibility index (Phi) is 5.56. The normalized spacial score (nSPS) is 15.3. The van der Waals surface area contributed by atoms with Gasteiger partial charge in [-0.15, -0.1) is 0 Å². The van der Waals surface area contributed by atoms with Crippen LogP contribution in [0, 0.1) is 13.8 Å². The Morgan fingerprint density at radius 3 is 2.78 bits per heavy atom. The highest BCUT2D eigenvalue weighted by Gasteiger charge is 2.14. The number of anilines is 1. The lowest BCUT2D eigenvalue weighted by molar-refractivity contribution is 0.0360. The van der Waals surface area contributed by atoms with Crippen molar-refractivity contribution in [3.63, 3.8) is 0 Å². The quantitative estimate of drug-likeness (QED) is 0.672. The van der Waals surface area contributed by atoms with Gasteiger partial charge in [-0.25, -0.2) is 4.98 Å². The maximum Gasteiger partial charge on any atom is 0.183 e. The van der Waals surface area contributed by atoms with E-state index in [1.165, 1.54) is 0 Å². The Balaban J connectivity index is 1.36. The van der Waals surface area contributed by atoms with Gasteiger partial charge in [-0.05, 0) is 32.0 Å². The number of aromatic nitrogens is 3. The minimum Gasteiger partial charge on any atom is -0.465 e. The molecule has 1 aliphatic heterocycles. The highest BCUT2D eigenvalue weighted by atomic mass is 32.1. The number of rotatable bonds is 7. The zero-order chi connectivity index (χ0) is 18.6. The number of nitrogens with one attached hydrogen (secondary N) is 1. The van der Waals surface area contributed by atoms with Gasteiger partial charge in [0.05, 0.1) is 36.9 Å². The number of furan rings is 1. The van der Waals surface area contributed by atoms with Crippen molar-refractivity contribution in [2.24, 2.45) is 0 Å². The summed E-state index contributed by atoms with van der Waals surface area (Å²) in [4.78, 5) is 8.16. The molecule has 0 amide bonds. The second kappa shape index (κ2) is 8.24.